The molecule has 0 amide bonds. The van der Waals surface area contributed by atoms with Crippen molar-refractivity contribution < 1.29 is 64.7 Å². The van der Waals surface area contributed by atoms with Gasteiger partial charge in [0.05, 0.1) is 50.0 Å². The van der Waals surface area contributed by atoms with Crippen LogP contribution in [0.3, 0.4) is 0 Å². The van der Waals surface area contributed by atoms with E-state index in [-0.39, 0.29) is 60.3 Å². The molecule has 0 atom stereocenters. The molecule has 661 valence electrons. The standard InChI is InChI=1S/C42H26N2O.C34H24N6.C18H17N2.C15H10N.C11H8N.3Ir/c1-2-10-29(11-3-1)43-39-17-9-6-14-33(39)34-24-27(18-21-40(34)43)28-19-22-41-35(25-28)36-26-30(20-23-42(36)45-41)44-37-15-7-4-12-31(37)32-13-5-8-16-38(32)44;1-21-15-23(39-31-7-11-35-17-27(31)28-18-36-12-8-32(28)39)3-5-25(21)26-6-4-24(16-22(26)2)40-33-9-13-37-19-29(33)30-20-38-14-10-34(30)40;1-13-11-14(2)17(15(3)12-13)20-10-9-19-18(20)16-7-5-4-6-8-16;1-2-7-13(8-3-1)15-14-9-5-4-6-12(14)10-11-16-15;1-2-6-10(7-3-1)11-8-4-5-9-12-11;;;/h1-26H;3-20H,1-2H3;4-7,9-12H,1-3H3;1-7,9-11H;1-6,8-9H;;;/q;;3*-1;;;. The number of aryl methyl sites for hydroxylation is 5. The van der Waals surface area contributed by atoms with Gasteiger partial charge in [0.15, 0.2) is 0 Å². The fourth-order valence-electron chi connectivity index (χ4n) is 19.2. The molecule has 0 spiro atoms. The molecular formula is C120H85Ir3N12O-3. The molecule has 16 heteroatoms. The second kappa shape index (κ2) is 39.3. The number of nitrogens with zero attached hydrogens (tertiary/aromatic N) is 12. The first-order valence-electron chi connectivity index (χ1n) is 44.5. The van der Waals surface area contributed by atoms with Gasteiger partial charge < -0.3 is 37.2 Å². The normalized spacial score (nSPS) is 11.1. The monoisotopic (exact) mass is 2290 g/mol. The molecule has 0 fully saturated rings. The van der Waals surface area contributed by atoms with Crippen molar-refractivity contribution in [3.63, 3.8) is 0 Å². The van der Waals surface area contributed by atoms with E-state index >= 15 is 0 Å². The number of furan rings is 1. The van der Waals surface area contributed by atoms with Crippen LogP contribution in [0.25, 0.3) is 205 Å². The minimum atomic E-state index is 0. The number of hydrogen-bond donors (Lipinski definition) is 0. The number of pyridine rings is 6. The maximum absolute atomic E-state index is 6.36. The van der Waals surface area contributed by atoms with Gasteiger partial charge >= 0.3 is 0 Å². The summed E-state index contributed by atoms with van der Waals surface area (Å²) in [6.07, 6.45) is 22.6. The van der Waals surface area contributed by atoms with Gasteiger partial charge in [0.25, 0.3) is 0 Å². The summed E-state index contributed by atoms with van der Waals surface area (Å²) in [5, 5.41) is 14.1. The Bertz CT molecular complexity index is 8470. The molecule has 26 aromatic rings. The smallest absolute Gasteiger partial charge is 0.135 e. The van der Waals surface area contributed by atoms with Crippen molar-refractivity contribution in [3.8, 4) is 84.6 Å². The fraction of sp³-hybridized carbons (Fsp3) is 0.0417. The number of rotatable bonds is 10. The Kier molecular flexibility index (Phi) is 25.9. The molecule has 12 aromatic heterocycles. The first-order valence-corrected chi connectivity index (χ1v) is 44.5. The van der Waals surface area contributed by atoms with Crippen LogP contribution >= 0.6 is 0 Å². The van der Waals surface area contributed by atoms with Crippen molar-refractivity contribution in [2.24, 2.45) is 0 Å². The molecule has 26 rings (SSSR count). The molecule has 0 saturated carbocycles. The minimum absolute atomic E-state index is 0. The third-order valence-corrected chi connectivity index (χ3v) is 25.0. The molecule has 136 heavy (non-hydrogen) atoms. The topological polar surface area (TPSA) is 128 Å². The maximum atomic E-state index is 6.36. The van der Waals surface area contributed by atoms with Crippen molar-refractivity contribution in [2.75, 3.05) is 0 Å². The summed E-state index contributed by atoms with van der Waals surface area (Å²) in [4.78, 5) is 30.6. The van der Waals surface area contributed by atoms with Crippen LogP contribution in [-0.2, 0) is 60.3 Å². The predicted molar refractivity (Wildman–Crippen MR) is 546 cm³/mol. The summed E-state index contributed by atoms with van der Waals surface area (Å²) < 4.78 is 17.8. The first kappa shape index (κ1) is 89.6. The van der Waals surface area contributed by atoms with Crippen molar-refractivity contribution in [3.05, 3.63) is 472 Å². The van der Waals surface area contributed by atoms with Crippen LogP contribution in [0.5, 0.6) is 0 Å². The zero-order chi connectivity index (χ0) is 89.4. The van der Waals surface area contributed by atoms with Gasteiger partial charge in [-0.3, -0.25) is 24.9 Å². The van der Waals surface area contributed by atoms with Gasteiger partial charge in [-0.25, -0.2) is 0 Å². The van der Waals surface area contributed by atoms with Gasteiger partial charge in [-0.15, -0.1) is 108 Å². The molecule has 0 saturated heterocycles. The molecule has 12 heterocycles. The van der Waals surface area contributed by atoms with Crippen molar-refractivity contribution in [1.82, 2.24) is 57.7 Å². The largest absolute Gasteiger partial charge is 0.456 e. The number of imidazole rings is 1. The predicted octanol–water partition coefficient (Wildman–Crippen LogP) is 29.7. The van der Waals surface area contributed by atoms with Gasteiger partial charge in [-0.2, -0.15) is 0 Å². The van der Waals surface area contributed by atoms with Gasteiger partial charge in [0.2, 0.25) is 0 Å². The molecular weight excluding hydrogens is 2200 g/mol. The Morgan fingerprint density at radius 2 is 0.691 bits per heavy atom. The summed E-state index contributed by atoms with van der Waals surface area (Å²) in [7, 11) is 0. The molecule has 0 aliphatic carbocycles. The van der Waals surface area contributed by atoms with Crippen LogP contribution < -0.4 is 0 Å². The van der Waals surface area contributed by atoms with Crippen molar-refractivity contribution in [2.45, 2.75) is 34.6 Å². The zero-order valence-corrected chi connectivity index (χ0v) is 81.9. The van der Waals surface area contributed by atoms with E-state index in [1.807, 2.05) is 177 Å². The van der Waals surface area contributed by atoms with Crippen LogP contribution in [0.2, 0.25) is 0 Å². The van der Waals surface area contributed by atoms with Crippen LogP contribution in [0.4, 0.5) is 0 Å². The summed E-state index contributed by atoms with van der Waals surface area (Å²) in [6, 6.07) is 132. The van der Waals surface area contributed by atoms with E-state index in [4.69, 9.17) is 4.42 Å². The van der Waals surface area contributed by atoms with Crippen LogP contribution in [0, 0.1) is 52.8 Å². The summed E-state index contributed by atoms with van der Waals surface area (Å²) in [6.45, 7) is 10.8. The average Bonchev–Trinajstić information content (AvgIpc) is 1.60. The van der Waals surface area contributed by atoms with Crippen LogP contribution in [-0.4, -0.2) is 57.7 Å². The van der Waals surface area contributed by atoms with E-state index in [0.29, 0.717) is 0 Å². The van der Waals surface area contributed by atoms with Crippen LogP contribution in [0.1, 0.15) is 27.8 Å². The van der Waals surface area contributed by atoms with E-state index in [1.54, 1.807) is 6.20 Å². The second-order valence-electron chi connectivity index (χ2n) is 33.3. The zero-order valence-electron chi connectivity index (χ0n) is 74.7. The van der Waals surface area contributed by atoms with Gasteiger partial charge in [0.1, 0.15) is 11.2 Å². The Morgan fingerprint density at radius 3 is 1.21 bits per heavy atom. The summed E-state index contributed by atoms with van der Waals surface area (Å²) in [5.41, 5.74) is 33.0. The van der Waals surface area contributed by atoms with Gasteiger partial charge in [0, 0.05) is 217 Å². The minimum Gasteiger partial charge on any atom is -0.456 e. The number of benzene rings is 14. The van der Waals surface area contributed by atoms with E-state index < -0.39 is 0 Å². The first-order chi connectivity index (χ1) is 65.6. The van der Waals surface area contributed by atoms with E-state index in [0.717, 1.165) is 117 Å². The van der Waals surface area contributed by atoms with Gasteiger partial charge in [-0.05, 0) is 235 Å². The second-order valence-corrected chi connectivity index (χ2v) is 33.3. The Hall–Kier alpha value is -15.6. The molecule has 0 aliphatic heterocycles. The number of aromatic nitrogens is 12. The third-order valence-electron chi connectivity index (χ3n) is 25.0. The van der Waals surface area contributed by atoms with Gasteiger partial charge in [-0.1, -0.05) is 151 Å². The Labute approximate surface area is 826 Å². The maximum Gasteiger partial charge on any atom is 0.135 e. The number of para-hydroxylation sites is 4. The molecule has 0 aliphatic rings. The molecule has 14 aromatic carbocycles. The third kappa shape index (κ3) is 17.0. The summed E-state index contributed by atoms with van der Waals surface area (Å²) in [5.74, 6) is 0.931. The molecule has 13 nitrogen and oxygen atoms in total. The fourth-order valence-corrected chi connectivity index (χ4v) is 19.2. The number of hydrogen-bond acceptors (Lipinski definition) is 8. The molecule has 0 unspecified atom stereocenters. The Morgan fingerprint density at radius 1 is 0.265 bits per heavy atom. The molecule has 0 bridgehead atoms. The van der Waals surface area contributed by atoms with E-state index in [2.05, 4.69) is 353 Å². The van der Waals surface area contributed by atoms with E-state index in [1.165, 1.54) is 116 Å². The molecule has 3 radical (unpaired) electrons. The Balaban J connectivity index is 0.000000118. The number of fused-ring (bicyclic) bond motifs is 16. The van der Waals surface area contributed by atoms with Crippen LogP contribution in [0.15, 0.2) is 431 Å². The average molecular weight is 2290 g/mol. The van der Waals surface area contributed by atoms with Crippen molar-refractivity contribution >= 4 is 120 Å². The summed E-state index contributed by atoms with van der Waals surface area (Å²) >= 11 is 0. The quantitative estimate of drug-likeness (QED) is 0.124. The van der Waals surface area contributed by atoms with Crippen molar-refractivity contribution in [1.29, 1.82) is 0 Å². The SMILES string of the molecule is Cc1cc(-n2c3ccncc3c3cnccc32)ccc1-c1ccc(-n2c3ccncc3c3cnccc32)cc1C.Cc1cc(C)c(-n2ccnc2-c2[c-]cccc2)c(C)c1.[Ir].[Ir].[Ir].[c-]1ccccc1-c1ccccn1.[c-]1ccccc1-c1nccc2ccccc12.c1ccc(-n2c3ccccc3c3cc(-c4ccc5oc6ccc(-n7c8ccccc8c8ccccc87)cc6c5c4)ccc32)cc1. The van der Waals surface area contributed by atoms with E-state index in [9.17, 15) is 0 Å². The molecule has 0 N–H and O–H groups in total.